The quantitative estimate of drug-likeness (QED) is 0.589. The molecule has 0 aliphatic heterocycles. The van der Waals surface area contributed by atoms with Crippen LogP contribution in [0.5, 0.6) is 0 Å². The molecule has 0 saturated carbocycles. The molecule has 1 heterocycles. The van der Waals surface area contributed by atoms with E-state index in [9.17, 15) is 0 Å². The summed E-state index contributed by atoms with van der Waals surface area (Å²) in [6, 6.07) is 1.77. The Morgan fingerprint density at radius 2 is 1.87 bits per heavy atom. The highest BCUT2D eigenvalue weighted by Gasteiger charge is 2.08. The predicted molar refractivity (Wildman–Crippen MR) is 57.6 cm³/mol. The molecule has 84 valence electrons. The molecule has 0 radical (unpaired) electrons. The summed E-state index contributed by atoms with van der Waals surface area (Å²) in [5.41, 5.74) is 6.28. The third kappa shape index (κ3) is 3.34. The van der Waals surface area contributed by atoms with Crippen molar-refractivity contribution in [1.82, 2.24) is 9.97 Å². The molecule has 0 aromatic carbocycles. The number of aromatic nitrogens is 2. The molecule has 15 heavy (non-hydrogen) atoms. The second kappa shape index (κ2) is 5.47. The highest BCUT2D eigenvalue weighted by Crippen LogP contribution is 2.12. The van der Waals surface area contributed by atoms with E-state index in [0.29, 0.717) is 18.9 Å². The summed E-state index contributed by atoms with van der Waals surface area (Å²) in [6.07, 6.45) is 0. The standard InChI is InChI=1S/C9H16N4O2/c1-7-6-8(12-9(10)11-7)13(2-4-14)3-5-15/h6,14-15H,2-5H2,1H3,(H2,10,11,12). The monoisotopic (exact) mass is 212 g/mol. The highest BCUT2D eigenvalue weighted by atomic mass is 16.3. The van der Waals surface area contributed by atoms with Crippen LogP contribution in [0.1, 0.15) is 5.69 Å². The van der Waals surface area contributed by atoms with Gasteiger partial charge in [0.2, 0.25) is 5.95 Å². The average molecular weight is 212 g/mol. The molecule has 0 saturated heterocycles. The van der Waals surface area contributed by atoms with E-state index < -0.39 is 0 Å². The number of aryl methyl sites for hydroxylation is 1. The van der Waals surface area contributed by atoms with Crippen LogP contribution in [0.15, 0.2) is 6.07 Å². The molecule has 0 unspecified atom stereocenters. The Labute approximate surface area is 88.4 Å². The van der Waals surface area contributed by atoms with E-state index >= 15 is 0 Å². The first kappa shape index (κ1) is 11.7. The van der Waals surface area contributed by atoms with Gasteiger partial charge in [0, 0.05) is 24.8 Å². The van der Waals surface area contributed by atoms with Gasteiger partial charge in [-0.1, -0.05) is 0 Å². The fourth-order valence-electron chi connectivity index (χ4n) is 1.32. The molecule has 0 amide bonds. The maximum atomic E-state index is 8.87. The van der Waals surface area contributed by atoms with Crippen molar-refractivity contribution >= 4 is 11.8 Å². The molecule has 0 bridgehead atoms. The molecule has 0 atom stereocenters. The lowest BCUT2D eigenvalue weighted by molar-refractivity contribution is 0.280. The zero-order valence-corrected chi connectivity index (χ0v) is 8.72. The molecule has 4 N–H and O–H groups in total. The van der Waals surface area contributed by atoms with Crippen molar-refractivity contribution in [2.24, 2.45) is 0 Å². The summed E-state index contributed by atoms with van der Waals surface area (Å²) in [6.45, 7) is 2.65. The van der Waals surface area contributed by atoms with E-state index in [1.807, 2.05) is 6.92 Å². The average Bonchev–Trinajstić information content (AvgIpc) is 2.16. The van der Waals surface area contributed by atoms with Crippen LogP contribution >= 0.6 is 0 Å². The van der Waals surface area contributed by atoms with Crippen LogP contribution in [0, 0.1) is 6.92 Å². The Morgan fingerprint density at radius 1 is 1.27 bits per heavy atom. The SMILES string of the molecule is Cc1cc(N(CCO)CCO)nc(N)n1. The Bertz CT molecular complexity index is 293. The number of hydrogen-bond acceptors (Lipinski definition) is 6. The maximum absolute atomic E-state index is 8.87. The van der Waals surface area contributed by atoms with Crippen LogP contribution in [0.3, 0.4) is 0 Å². The van der Waals surface area contributed by atoms with Gasteiger partial charge in [-0.15, -0.1) is 0 Å². The van der Waals surface area contributed by atoms with Crippen molar-refractivity contribution in [3.8, 4) is 0 Å². The molecule has 1 rings (SSSR count). The Hall–Kier alpha value is -1.40. The van der Waals surface area contributed by atoms with E-state index in [4.69, 9.17) is 15.9 Å². The number of hydrogen-bond donors (Lipinski definition) is 3. The number of nitrogens with two attached hydrogens (primary N) is 1. The third-order valence-electron chi connectivity index (χ3n) is 1.92. The first-order chi connectivity index (χ1) is 7.17. The van der Waals surface area contributed by atoms with Gasteiger partial charge in [0.1, 0.15) is 5.82 Å². The van der Waals surface area contributed by atoms with Gasteiger partial charge in [-0.25, -0.2) is 4.98 Å². The fourth-order valence-corrected chi connectivity index (χ4v) is 1.32. The van der Waals surface area contributed by atoms with Crippen molar-refractivity contribution in [2.75, 3.05) is 36.9 Å². The fraction of sp³-hybridized carbons (Fsp3) is 0.556. The van der Waals surface area contributed by atoms with E-state index in [0.717, 1.165) is 5.69 Å². The van der Waals surface area contributed by atoms with E-state index in [1.54, 1.807) is 11.0 Å². The molecule has 0 aliphatic carbocycles. The normalized spacial score (nSPS) is 10.3. The third-order valence-corrected chi connectivity index (χ3v) is 1.92. The summed E-state index contributed by atoms with van der Waals surface area (Å²) < 4.78 is 0. The Kier molecular flexibility index (Phi) is 4.26. The number of anilines is 2. The highest BCUT2D eigenvalue weighted by molar-refractivity contribution is 5.43. The minimum Gasteiger partial charge on any atom is -0.395 e. The molecule has 6 heteroatoms. The lowest BCUT2D eigenvalue weighted by Gasteiger charge is -2.21. The lowest BCUT2D eigenvalue weighted by Crippen LogP contribution is -2.30. The number of nitrogen functional groups attached to an aromatic ring is 1. The van der Waals surface area contributed by atoms with Gasteiger partial charge in [-0.2, -0.15) is 4.98 Å². The molecule has 0 spiro atoms. The summed E-state index contributed by atoms with van der Waals surface area (Å²) in [5, 5.41) is 17.7. The molecule has 0 fully saturated rings. The number of aliphatic hydroxyl groups excluding tert-OH is 2. The Morgan fingerprint density at radius 3 is 2.33 bits per heavy atom. The number of nitrogens with zero attached hydrogens (tertiary/aromatic N) is 3. The van der Waals surface area contributed by atoms with E-state index in [1.165, 1.54) is 0 Å². The second-order valence-corrected chi connectivity index (χ2v) is 3.16. The van der Waals surface area contributed by atoms with E-state index in [2.05, 4.69) is 9.97 Å². The lowest BCUT2D eigenvalue weighted by atomic mass is 10.4. The van der Waals surface area contributed by atoms with E-state index in [-0.39, 0.29) is 19.2 Å². The van der Waals surface area contributed by atoms with Crippen LogP contribution in [-0.2, 0) is 0 Å². The smallest absolute Gasteiger partial charge is 0.222 e. The number of aliphatic hydroxyl groups is 2. The van der Waals surface area contributed by atoms with Crippen molar-refractivity contribution < 1.29 is 10.2 Å². The van der Waals surface area contributed by atoms with Crippen molar-refractivity contribution in [2.45, 2.75) is 6.92 Å². The zero-order chi connectivity index (χ0) is 11.3. The van der Waals surface area contributed by atoms with Crippen molar-refractivity contribution in [3.63, 3.8) is 0 Å². The van der Waals surface area contributed by atoms with Crippen LogP contribution in [-0.4, -0.2) is 46.5 Å². The summed E-state index contributed by atoms with van der Waals surface area (Å²) in [4.78, 5) is 9.75. The first-order valence-electron chi connectivity index (χ1n) is 4.75. The van der Waals surface area contributed by atoms with Gasteiger partial charge in [0.05, 0.1) is 13.2 Å². The summed E-state index contributed by atoms with van der Waals surface area (Å²) in [5.74, 6) is 0.828. The first-order valence-corrected chi connectivity index (χ1v) is 4.75. The largest absolute Gasteiger partial charge is 0.395 e. The van der Waals surface area contributed by atoms with Crippen LogP contribution in [0.2, 0.25) is 0 Å². The summed E-state index contributed by atoms with van der Waals surface area (Å²) >= 11 is 0. The van der Waals surface area contributed by atoms with Gasteiger partial charge < -0.3 is 20.8 Å². The van der Waals surface area contributed by atoms with Crippen LogP contribution < -0.4 is 10.6 Å². The minimum atomic E-state index is 0.00293. The Balaban J connectivity index is 2.88. The maximum Gasteiger partial charge on any atom is 0.222 e. The second-order valence-electron chi connectivity index (χ2n) is 3.16. The van der Waals surface area contributed by atoms with Gasteiger partial charge >= 0.3 is 0 Å². The minimum absolute atomic E-state index is 0.00293. The summed E-state index contributed by atoms with van der Waals surface area (Å²) in [7, 11) is 0. The molecule has 1 aromatic heterocycles. The van der Waals surface area contributed by atoms with Crippen molar-refractivity contribution in [1.29, 1.82) is 0 Å². The van der Waals surface area contributed by atoms with Gasteiger partial charge in [0.25, 0.3) is 0 Å². The van der Waals surface area contributed by atoms with Crippen LogP contribution in [0.25, 0.3) is 0 Å². The number of rotatable bonds is 5. The van der Waals surface area contributed by atoms with Crippen molar-refractivity contribution in [3.05, 3.63) is 11.8 Å². The van der Waals surface area contributed by atoms with Gasteiger partial charge in [-0.3, -0.25) is 0 Å². The molecule has 1 aromatic rings. The van der Waals surface area contributed by atoms with Gasteiger partial charge in [0.15, 0.2) is 0 Å². The molecular weight excluding hydrogens is 196 g/mol. The van der Waals surface area contributed by atoms with Crippen LogP contribution in [0.4, 0.5) is 11.8 Å². The molecule has 6 nitrogen and oxygen atoms in total. The molecular formula is C9H16N4O2. The zero-order valence-electron chi connectivity index (χ0n) is 8.72. The van der Waals surface area contributed by atoms with Gasteiger partial charge in [-0.05, 0) is 6.92 Å². The molecule has 0 aliphatic rings. The topological polar surface area (TPSA) is 95.5 Å². The predicted octanol–water partition coefficient (Wildman–Crippen LogP) is -0.842.